The van der Waals surface area contributed by atoms with E-state index in [1.807, 2.05) is 25.2 Å². The van der Waals surface area contributed by atoms with E-state index in [0.29, 0.717) is 23.7 Å². The number of aliphatic hydroxyl groups is 2. The molecule has 3 rings (SSSR count). The second-order valence-electron chi connectivity index (χ2n) is 5.82. The lowest BCUT2D eigenvalue weighted by molar-refractivity contribution is 0.000541. The number of aryl methyl sites for hydroxylation is 1. The van der Waals surface area contributed by atoms with Crippen LogP contribution in [-0.4, -0.2) is 51.4 Å². The molecule has 0 spiro atoms. The number of aromatic nitrogens is 1. The monoisotopic (exact) mass is 322 g/mol. The van der Waals surface area contributed by atoms with Crippen molar-refractivity contribution < 1.29 is 15.0 Å². The molecule has 118 valence electrons. The van der Waals surface area contributed by atoms with E-state index in [0.717, 1.165) is 10.9 Å². The maximum Gasteiger partial charge on any atom is 0.270 e. The predicted octanol–water partition coefficient (Wildman–Crippen LogP) is 1.65. The van der Waals surface area contributed by atoms with Crippen molar-refractivity contribution in [3.05, 3.63) is 35.0 Å². The van der Waals surface area contributed by atoms with E-state index in [1.54, 1.807) is 15.5 Å². The molecule has 2 heterocycles. The van der Waals surface area contributed by atoms with Gasteiger partial charge in [0.15, 0.2) is 0 Å². The minimum Gasteiger partial charge on any atom is -0.396 e. The number of fused-ring (bicyclic) bond motifs is 1. The first-order valence-electron chi connectivity index (χ1n) is 7.35. The molecule has 22 heavy (non-hydrogen) atoms. The van der Waals surface area contributed by atoms with Crippen LogP contribution in [0.15, 0.2) is 24.3 Å². The van der Waals surface area contributed by atoms with E-state index in [1.165, 1.54) is 0 Å². The van der Waals surface area contributed by atoms with Crippen LogP contribution in [-0.2, 0) is 7.05 Å². The molecule has 0 radical (unpaired) electrons. The average Bonchev–Trinajstić information content (AvgIpc) is 2.85. The molecule has 6 heteroatoms. The highest BCUT2D eigenvalue weighted by Crippen LogP contribution is 2.27. The SMILES string of the molecule is Cn1c(C(=O)N2CC[C@H](CO)[C@H](O)C2)cc2cccc(Cl)c21. The third-order valence-corrected chi connectivity index (χ3v) is 4.77. The molecule has 2 aromatic rings. The van der Waals surface area contributed by atoms with Crippen LogP contribution in [0.1, 0.15) is 16.9 Å². The van der Waals surface area contributed by atoms with Crippen molar-refractivity contribution in [2.75, 3.05) is 19.7 Å². The Bertz CT molecular complexity index is 713. The number of hydrogen-bond donors (Lipinski definition) is 2. The Labute approximate surface area is 133 Å². The molecule has 0 unspecified atom stereocenters. The van der Waals surface area contributed by atoms with E-state index < -0.39 is 6.10 Å². The van der Waals surface area contributed by atoms with E-state index in [2.05, 4.69) is 0 Å². The maximum atomic E-state index is 12.7. The molecular formula is C16H19ClN2O3. The van der Waals surface area contributed by atoms with Crippen LogP contribution in [0, 0.1) is 5.92 Å². The molecule has 1 amide bonds. The number of likely N-dealkylation sites (tertiary alicyclic amines) is 1. The molecule has 5 nitrogen and oxygen atoms in total. The zero-order valence-corrected chi connectivity index (χ0v) is 13.1. The van der Waals surface area contributed by atoms with E-state index in [4.69, 9.17) is 11.6 Å². The van der Waals surface area contributed by atoms with Gasteiger partial charge in [0.2, 0.25) is 0 Å². The number of nitrogens with zero attached hydrogens (tertiary/aromatic N) is 2. The molecule has 1 aliphatic rings. The van der Waals surface area contributed by atoms with Gasteiger partial charge in [-0.2, -0.15) is 0 Å². The van der Waals surface area contributed by atoms with E-state index >= 15 is 0 Å². The number of para-hydroxylation sites is 1. The molecule has 1 saturated heterocycles. The van der Waals surface area contributed by atoms with Crippen molar-refractivity contribution >= 4 is 28.4 Å². The van der Waals surface area contributed by atoms with Crippen LogP contribution in [0.2, 0.25) is 5.02 Å². The first-order valence-corrected chi connectivity index (χ1v) is 7.73. The lowest BCUT2D eigenvalue weighted by Crippen LogP contribution is -2.47. The summed E-state index contributed by atoms with van der Waals surface area (Å²) >= 11 is 6.21. The summed E-state index contributed by atoms with van der Waals surface area (Å²) in [5.74, 6) is -0.267. The molecule has 2 atom stereocenters. The number of carbonyl (C=O) groups excluding carboxylic acids is 1. The number of β-amino-alcohol motifs (C(OH)–C–C–N with tert-alkyl or cyclic N) is 1. The number of benzene rings is 1. The Hall–Kier alpha value is -1.56. The second kappa shape index (κ2) is 5.91. The summed E-state index contributed by atoms with van der Waals surface area (Å²) in [4.78, 5) is 14.4. The Kier molecular flexibility index (Phi) is 4.12. The molecule has 2 N–H and O–H groups in total. The fourth-order valence-corrected chi connectivity index (χ4v) is 3.42. The van der Waals surface area contributed by atoms with Gasteiger partial charge in [-0.3, -0.25) is 4.79 Å². The Balaban J connectivity index is 1.90. The fourth-order valence-electron chi connectivity index (χ4n) is 3.11. The zero-order chi connectivity index (χ0) is 15.9. The quantitative estimate of drug-likeness (QED) is 0.883. The zero-order valence-electron chi connectivity index (χ0n) is 12.4. The van der Waals surface area contributed by atoms with Gasteiger partial charge < -0.3 is 19.7 Å². The largest absolute Gasteiger partial charge is 0.396 e. The molecule has 0 bridgehead atoms. The Morgan fingerprint density at radius 3 is 2.86 bits per heavy atom. The molecular weight excluding hydrogens is 304 g/mol. The van der Waals surface area contributed by atoms with Gasteiger partial charge in [-0.05, 0) is 18.6 Å². The number of hydrogen-bond acceptors (Lipinski definition) is 3. The molecule has 1 aromatic heterocycles. The van der Waals surface area contributed by atoms with Crippen molar-refractivity contribution in [1.29, 1.82) is 0 Å². The number of carbonyl (C=O) groups is 1. The van der Waals surface area contributed by atoms with Crippen molar-refractivity contribution in [3.8, 4) is 0 Å². The van der Waals surface area contributed by atoms with Gasteiger partial charge in [0.05, 0.1) is 16.6 Å². The number of aliphatic hydroxyl groups excluding tert-OH is 2. The normalized spacial score (nSPS) is 22.3. The summed E-state index contributed by atoms with van der Waals surface area (Å²) in [6.45, 7) is 0.739. The first kappa shape index (κ1) is 15.3. The Morgan fingerprint density at radius 2 is 2.23 bits per heavy atom. The van der Waals surface area contributed by atoms with Crippen LogP contribution in [0.25, 0.3) is 10.9 Å². The smallest absolute Gasteiger partial charge is 0.270 e. The third-order valence-electron chi connectivity index (χ3n) is 4.47. The van der Waals surface area contributed by atoms with Crippen LogP contribution in [0.4, 0.5) is 0 Å². The van der Waals surface area contributed by atoms with Crippen molar-refractivity contribution in [2.24, 2.45) is 13.0 Å². The van der Waals surface area contributed by atoms with Crippen molar-refractivity contribution in [2.45, 2.75) is 12.5 Å². The van der Waals surface area contributed by atoms with Crippen LogP contribution < -0.4 is 0 Å². The van der Waals surface area contributed by atoms with Crippen molar-refractivity contribution in [1.82, 2.24) is 9.47 Å². The Morgan fingerprint density at radius 1 is 1.45 bits per heavy atom. The molecule has 1 aromatic carbocycles. The highest BCUT2D eigenvalue weighted by atomic mass is 35.5. The summed E-state index contributed by atoms with van der Waals surface area (Å²) in [6, 6.07) is 7.41. The minimum atomic E-state index is -0.680. The topological polar surface area (TPSA) is 65.7 Å². The average molecular weight is 323 g/mol. The number of halogens is 1. The van der Waals surface area contributed by atoms with Gasteiger partial charge in [-0.1, -0.05) is 23.7 Å². The van der Waals surface area contributed by atoms with Gasteiger partial charge in [0, 0.05) is 38.0 Å². The van der Waals surface area contributed by atoms with E-state index in [9.17, 15) is 15.0 Å². The summed E-state index contributed by atoms with van der Waals surface area (Å²) < 4.78 is 1.80. The lowest BCUT2D eigenvalue weighted by Gasteiger charge is -2.35. The summed E-state index contributed by atoms with van der Waals surface area (Å²) in [5.41, 5.74) is 1.39. The summed E-state index contributed by atoms with van der Waals surface area (Å²) in [7, 11) is 1.82. The maximum absolute atomic E-state index is 12.7. The predicted molar refractivity (Wildman–Crippen MR) is 85.0 cm³/mol. The highest BCUT2D eigenvalue weighted by Gasteiger charge is 2.31. The molecule has 0 aliphatic carbocycles. The van der Waals surface area contributed by atoms with Gasteiger partial charge in [-0.25, -0.2) is 0 Å². The minimum absolute atomic E-state index is 0.0488. The summed E-state index contributed by atoms with van der Waals surface area (Å²) in [5, 5.41) is 20.7. The second-order valence-corrected chi connectivity index (χ2v) is 6.22. The van der Waals surface area contributed by atoms with Crippen LogP contribution in [0.5, 0.6) is 0 Å². The standard InChI is InChI=1S/C16H19ClN2O3/c1-18-13(7-10-3-2-4-12(17)15(10)18)16(22)19-6-5-11(9-20)14(21)8-19/h2-4,7,11,14,20-21H,5-6,8-9H2,1H3/t11-,14-/m1/s1. The number of rotatable bonds is 2. The molecule has 1 aliphatic heterocycles. The van der Waals surface area contributed by atoms with E-state index in [-0.39, 0.29) is 25.0 Å². The number of amides is 1. The van der Waals surface area contributed by atoms with Gasteiger partial charge >= 0.3 is 0 Å². The van der Waals surface area contributed by atoms with Gasteiger partial charge in [0.1, 0.15) is 5.69 Å². The molecule has 1 fully saturated rings. The third kappa shape index (κ3) is 2.49. The van der Waals surface area contributed by atoms with Gasteiger partial charge in [-0.15, -0.1) is 0 Å². The summed E-state index contributed by atoms with van der Waals surface area (Å²) in [6.07, 6.45) is -0.0744. The number of piperidine rings is 1. The van der Waals surface area contributed by atoms with Crippen LogP contribution in [0.3, 0.4) is 0 Å². The highest BCUT2D eigenvalue weighted by molar-refractivity contribution is 6.35. The van der Waals surface area contributed by atoms with Crippen molar-refractivity contribution in [3.63, 3.8) is 0 Å². The fraction of sp³-hybridized carbons (Fsp3) is 0.438. The van der Waals surface area contributed by atoms with Crippen LogP contribution >= 0.6 is 11.6 Å². The molecule has 0 saturated carbocycles. The first-order chi connectivity index (χ1) is 10.5. The van der Waals surface area contributed by atoms with Gasteiger partial charge in [0.25, 0.3) is 5.91 Å². The lowest BCUT2D eigenvalue weighted by atomic mass is 9.94.